The van der Waals surface area contributed by atoms with E-state index in [2.05, 4.69) is 15.5 Å². The molecule has 10 heteroatoms. The van der Waals surface area contributed by atoms with Crippen molar-refractivity contribution in [1.29, 1.82) is 0 Å². The van der Waals surface area contributed by atoms with Crippen LogP contribution in [0.15, 0.2) is 70.4 Å². The number of nitrogens with zero attached hydrogens (tertiary/aromatic N) is 3. The standard InChI is InChI=1S/C23H20F2N4O3S/c1-14(22(30)26-16-8-9-19(24)20(25)12-16)33-23-28-27-21(15-5-3-6-17(11-15)31-2)29(23)13-18-7-4-10-32-18/h3-12,14H,13H2,1-2H3,(H,26,30). The summed E-state index contributed by atoms with van der Waals surface area (Å²) in [7, 11) is 1.58. The molecule has 33 heavy (non-hydrogen) atoms. The van der Waals surface area contributed by atoms with Crippen molar-refractivity contribution < 1.29 is 22.7 Å². The number of nitrogens with one attached hydrogen (secondary N) is 1. The monoisotopic (exact) mass is 470 g/mol. The number of aromatic nitrogens is 3. The molecule has 2 heterocycles. The number of halogens is 2. The Labute approximate surface area is 192 Å². The lowest BCUT2D eigenvalue weighted by Crippen LogP contribution is -2.23. The van der Waals surface area contributed by atoms with E-state index < -0.39 is 16.9 Å². The molecule has 1 unspecified atom stereocenters. The summed E-state index contributed by atoms with van der Waals surface area (Å²) in [4.78, 5) is 12.7. The first-order valence-electron chi connectivity index (χ1n) is 9.97. The van der Waals surface area contributed by atoms with Gasteiger partial charge in [0.05, 0.1) is 25.2 Å². The van der Waals surface area contributed by atoms with E-state index in [1.807, 2.05) is 34.9 Å². The molecule has 0 saturated carbocycles. The van der Waals surface area contributed by atoms with Crippen LogP contribution in [-0.4, -0.2) is 33.0 Å². The first kappa shape index (κ1) is 22.5. The average molecular weight is 471 g/mol. The zero-order valence-corrected chi connectivity index (χ0v) is 18.6. The topological polar surface area (TPSA) is 82.2 Å². The summed E-state index contributed by atoms with van der Waals surface area (Å²) in [6.07, 6.45) is 1.58. The Bertz CT molecular complexity index is 1260. The lowest BCUT2D eigenvalue weighted by atomic mass is 10.2. The second kappa shape index (κ2) is 9.86. The highest BCUT2D eigenvalue weighted by Crippen LogP contribution is 2.30. The van der Waals surface area contributed by atoms with Gasteiger partial charge >= 0.3 is 0 Å². The van der Waals surface area contributed by atoms with Gasteiger partial charge in [0.25, 0.3) is 0 Å². The number of carbonyl (C=O) groups excluding carboxylic acids is 1. The van der Waals surface area contributed by atoms with Gasteiger partial charge in [0.1, 0.15) is 11.5 Å². The minimum atomic E-state index is -1.03. The third-order valence-electron chi connectivity index (χ3n) is 4.78. The minimum absolute atomic E-state index is 0.167. The van der Waals surface area contributed by atoms with Gasteiger partial charge < -0.3 is 14.5 Å². The Morgan fingerprint density at radius 3 is 2.73 bits per heavy atom. The third-order valence-corrected chi connectivity index (χ3v) is 5.86. The van der Waals surface area contributed by atoms with Crippen LogP contribution in [-0.2, 0) is 11.3 Å². The zero-order chi connectivity index (χ0) is 23.4. The van der Waals surface area contributed by atoms with E-state index in [0.29, 0.717) is 29.0 Å². The highest BCUT2D eigenvalue weighted by Gasteiger charge is 2.22. The molecule has 1 N–H and O–H groups in total. The lowest BCUT2D eigenvalue weighted by molar-refractivity contribution is -0.115. The summed E-state index contributed by atoms with van der Waals surface area (Å²) in [5, 5.41) is 11.1. The molecule has 2 aromatic heterocycles. The number of hydrogen-bond acceptors (Lipinski definition) is 6. The third kappa shape index (κ3) is 5.23. The molecule has 0 aliphatic heterocycles. The van der Waals surface area contributed by atoms with Crippen molar-refractivity contribution in [1.82, 2.24) is 14.8 Å². The molecule has 0 spiro atoms. The average Bonchev–Trinajstić information content (AvgIpc) is 3.47. The lowest BCUT2D eigenvalue weighted by Gasteiger charge is -2.13. The maximum atomic E-state index is 13.5. The Hall–Kier alpha value is -3.66. The molecule has 170 valence electrons. The Morgan fingerprint density at radius 1 is 1.15 bits per heavy atom. The van der Waals surface area contributed by atoms with Gasteiger partial charge in [0.2, 0.25) is 5.91 Å². The molecule has 1 amide bonds. The Balaban J connectivity index is 1.58. The number of anilines is 1. The van der Waals surface area contributed by atoms with Crippen LogP contribution in [0.4, 0.5) is 14.5 Å². The van der Waals surface area contributed by atoms with Crippen molar-refractivity contribution in [2.45, 2.75) is 23.9 Å². The summed E-state index contributed by atoms with van der Waals surface area (Å²) in [6.45, 7) is 2.05. The van der Waals surface area contributed by atoms with E-state index in [9.17, 15) is 13.6 Å². The fourth-order valence-electron chi connectivity index (χ4n) is 3.08. The van der Waals surface area contributed by atoms with E-state index in [4.69, 9.17) is 9.15 Å². The largest absolute Gasteiger partial charge is 0.497 e. The highest BCUT2D eigenvalue weighted by atomic mass is 32.2. The molecular formula is C23H20F2N4O3S. The maximum absolute atomic E-state index is 13.5. The molecule has 0 aliphatic carbocycles. The van der Waals surface area contributed by atoms with Crippen molar-refractivity contribution in [2.24, 2.45) is 0 Å². The Kier molecular flexibility index (Phi) is 6.74. The molecule has 0 bridgehead atoms. The number of rotatable bonds is 8. The van der Waals surface area contributed by atoms with Gasteiger partial charge in [0, 0.05) is 17.3 Å². The van der Waals surface area contributed by atoms with Crippen LogP contribution in [0.2, 0.25) is 0 Å². The van der Waals surface area contributed by atoms with Crippen molar-refractivity contribution in [3.05, 3.63) is 78.3 Å². The summed E-state index contributed by atoms with van der Waals surface area (Å²) < 4.78 is 39.3. The van der Waals surface area contributed by atoms with Gasteiger partial charge in [-0.2, -0.15) is 0 Å². The normalized spacial score (nSPS) is 11.9. The number of ether oxygens (including phenoxy) is 1. The fraction of sp³-hybridized carbons (Fsp3) is 0.174. The molecule has 0 fully saturated rings. The number of thioether (sulfide) groups is 1. The van der Waals surface area contributed by atoms with Crippen LogP contribution < -0.4 is 10.1 Å². The SMILES string of the molecule is COc1cccc(-c2nnc(SC(C)C(=O)Nc3ccc(F)c(F)c3)n2Cc2ccco2)c1. The van der Waals surface area contributed by atoms with Gasteiger partial charge in [-0.05, 0) is 43.3 Å². The van der Waals surface area contributed by atoms with Gasteiger partial charge in [-0.25, -0.2) is 8.78 Å². The van der Waals surface area contributed by atoms with Gasteiger partial charge in [-0.15, -0.1) is 10.2 Å². The second-order valence-corrected chi connectivity index (χ2v) is 8.39. The highest BCUT2D eigenvalue weighted by molar-refractivity contribution is 8.00. The molecule has 4 rings (SSSR count). The van der Waals surface area contributed by atoms with Gasteiger partial charge in [-0.1, -0.05) is 23.9 Å². The molecule has 0 saturated heterocycles. The van der Waals surface area contributed by atoms with Gasteiger partial charge in [-0.3, -0.25) is 9.36 Å². The number of hydrogen-bond donors (Lipinski definition) is 1. The molecule has 0 aliphatic rings. The van der Waals surface area contributed by atoms with E-state index in [1.165, 1.54) is 17.8 Å². The van der Waals surface area contributed by atoms with E-state index in [0.717, 1.165) is 17.7 Å². The fourth-order valence-corrected chi connectivity index (χ4v) is 3.93. The van der Waals surface area contributed by atoms with Crippen LogP contribution in [0.1, 0.15) is 12.7 Å². The first-order valence-corrected chi connectivity index (χ1v) is 10.8. The first-order chi connectivity index (χ1) is 15.9. The summed E-state index contributed by atoms with van der Waals surface area (Å²) >= 11 is 1.19. The predicted molar refractivity (Wildman–Crippen MR) is 120 cm³/mol. The van der Waals surface area contributed by atoms with Crippen LogP contribution in [0.25, 0.3) is 11.4 Å². The smallest absolute Gasteiger partial charge is 0.237 e. The minimum Gasteiger partial charge on any atom is -0.497 e. The van der Waals surface area contributed by atoms with Gasteiger partial charge in [0.15, 0.2) is 22.6 Å². The second-order valence-electron chi connectivity index (χ2n) is 7.08. The molecule has 4 aromatic rings. The number of methoxy groups -OCH3 is 1. The molecule has 1 atom stereocenters. The van der Waals surface area contributed by atoms with Crippen LogP contribution >= 0.6 is 11.8 Å². The molecule has 7 nitrogen and oxygen atoms in total. The predicted octanol–water partition coefficient (Wildman–Crippen LogP) is 4.99. The van der Waals surface area contributed by atoms with Crippen molar-refractivity contribution in [2.75, 3.05) is 12.4 Å². The van der Waals surface area contributed by atoms with E-state index >= 15 is 0 Å². The van der Waals surface area contributed by atoms with Crippen molar-refractivity contribution >= 4 is 23.4 Å². The number of furan rings is 1. The molecular weight excluding hydrogens is 450 g/mol. The van der Waals surface area contributed by atoms with Crippen LogP contribution in [0.3, 0.4) is 0 Å². The van der Waals surface area contributed by atoms with Crippen molar-refractivity contribution in [3.63, 3.8) is 0 Å². The maximum Gasteiger partial charge on any atom is 0.237 e. The van der Waals surface area contributed by atoms with Crippen LogP contribution in [0.5, 0.6) is 5.75 Å². The summed E-state index contributed by atoms with van der Waals surface area (Å²) in [6, 6.07) is 14.2. The summed E-state index contributed by atoms with van der Waals surface area (Å²) in [5.41, 5.74) is 0.958. The Morgan fingerprint density at radius 2 is 2.00 bits per heavy atom. The molecule has 0 radical (unpaired) electrons. The molecule has 2 aromatic carbocycles. The van der Waals surface area contributed by atoms with E-state index in [-0.39, 0.29) is 11.6 Å². The summed E-state index contributed by atoms with van der Waals surface area (Å²) in [5.74, 6) is -0.448. The zero-order valence-electron chi connectivity index (χ0n) is 17.8. The number of benzene rings is 2. The van der Waals surface area contributed by atoms with Crippen LogP contribution in [0, 0.1) is 11.6 Å². The quantitative estimate of drug-likeness (QED) is 0.365. The number of amides is 1. The van der Waals surface area contributed by atoms with E-state index in [1.54, 1.807) is 26.4 Å². The van der Waals surface area contributed by atoms with Crippen molar-refractivity contribution in [3.8, 4) is 17.1 Å². The number of carbonyl (C=O) groups is 1.